The minimum absolute atomic E-state index is 0.230. The maximum atomic E-state index is 12.1. The maximum absolute atomic E-state index is 12.1. The van der Waals surface area contributed by atoms with Crippen LogP contribution >= 0.6 is 0 Å². The normalized spacial score (nSPS) is 10.8. The summed E-state index contributed by atoms with van der Waals surface area (Å²) < 4.78 is 11.8. The minimum atomic E-state index is -1.26. The van der Waals surface area contributed by atoms with Crippen molar-refractivity contribution in [1.82, 2.24) is 0 Å². The molecule has 0 amide bonds. The molecule has 0 aromatic heterocycles. The summed E-state index contributed by atoms with van der Waals surface area (Å²) in [4.78, 5) is 24.2. The summed E-state index contributed by atoms with van der Waals surface area (Å²) in [7, 11) is 2.58. The van der Waals surface area contributed by atoms with Crippen LogP contribution in [-0.4, -0.2) is 47.1 Å². The van der Waals surface area contributed by atoms with Crippen molar-refractivity contribution in [2.45, 2.75) is 17.3 Å². The Morgan fingerprint density at radius 3 is 2.24 bits per heavy atom. The van der Waals surface area contributed by atoms with Crippen molar-refractivity contribution in [2.24, 2.45) is 5.41 Å². The molecule has 1 aromatic carbocycles. The molecule has 0 bridgehead atoms. The third kappa shape index (κ3) is 4.59. The molecule has 0 saturated heterocycles. The Bertz CT molecular complexity index is 468. The van der Waals surface area contributed by atoms with Gasteiger partial charge in [-0.15, -0.1) is 0 Å². The van der Waals surface area contributed by atoms with Crippen molar-refractivity contribution < 1.29 is 19.1 Å². The molecule has 1 rings (SSSR count). The molecule has 0 heterocycles. The number of esters is 2. The molecule has 5 heteroatoms. The van der Waals surface area contributed by atoms with Gasteiger partial charge in [0.15, 0.2) is 0 Å². The number of allylic oxidation sites excluding steroid dienone is 1. The SMILES string of the molecule is C=CCC(CC[Te]c1ccccc1)(C(=O)OC)C(=O)OC. The second-order valence-electron chi connectivity index (χ2n) is 4.47. The van der Waals surface area contributed by atoms with Crippen LogP contribution in [-0.2, 0) is 19.1 Å². The van der Waals surface area contributed by atoms with Crippen molar-refractivity contribution in [1.29, 1.82) is 0 Å². The molecule has 21 heavy (non-hydrogen) atoms. The van der Waals surface area contributed by atoms with Crippen molar-refractivity contribution >= 4 is 36.5 Å². The summed E-state index contributed by atoms with van der Waals surface area (Å²) in [6.45, 7) is 3.64. The Kier molecular flexibility index (Phi) is 7.49. The first-order valence-corrected chi connectivity index (χ1v) is 9.37. The van der Waals surface area contributed by atoms with Gasteiger partial charge in [-0.1, -0.05) is 0 Å². The zero-order valence-electron chi connectivity index (χ0n) is 12.3. The van der Waals surface area contributed by atoms with Crippen LogP contribution in [0.25, 0.3) is 0 Å². The fraction of sp³-hybridized carbons (Fsp3) is 0.375. The second kappa shape index (κ2) is 8.86. The van der Waals surface area contributed by atoms with E-state index in [1.54, 1.807) is 6.08 Å². The van der Waals surface area contributed by atoms with Crippen LogP contribution in [0.4, 0.5) is 0 Å². The Morgan fingerprint density at radius 1 is 1.19 bits per heavy atom. The molecule has 0 atom stereocenters. The zero-order chi connectivity index (χ0) is 15.7. The fourth-order valence-electron chi connectivity index (χ4n) is 2.05. The first-order chi connectivity index (χ1) is 10.1. The molecular weight excluding hydrogens is 384 g/mol. The number of hydrogen-bond acceptors (Lipinski definition) is 4. The second-order valence-corrected chi connectivity index (χ2v) is 7.80. The first kappa shape index (κ1) is 17.7. The zero-order valence-corrected chi connectivity index (χ0v) is 14.7. The van der Waals surface area contributed by atoms with Crippen LogP contribution in [0.5, 0.6) is 0 Å². The molecule has 4 nitrogen and oxygen atoms in total. The standard InChI is InChI=1S/C16H20O4Te/c1-4-10-16(14(17)19-2,15(18)20-3)11-12-21-13-8-6-5-7-9-13/h4-9H,1,10-12H2,2-3H3. The molecule has 0 N–H and O–H groups in total. The van der Waals surface area contributed by atoms with Crippen LogP contribution < -0.4 is 3.61 Å². The molecule has 0 aliphatic heterocycles. The van der Waals surface area contributed by atoms with Gasteiger partial charge in [-0.05, 0) is 0 Å². The number of methoxy groups -OCH3 is 2. The van der Waals surface area contributed by atoms with Crippen LogP contribution in [0.2, 0.25) is 4.47 Å². The number of rotatable bonds is 8. The summed E-state index contributed by atoms with van der Waals surface area (Å²) in [5.41, 5.74) is -1.26. The molecule has 114 valence electrons. The van der Waals surface area contributed by atoms with E-state index in [0.717, 1.165) is 4.47 Å². The van der Waals surface area contributed by atoms with Gasteiger partial charge in [0.2, 0.25) is 0 Å². The van der Waals surface area contributed by atoms with Crippen molar-refractivity contribution in [2.75, 3.05) is 14.2 Å². The number of hydrogen-bond donors (Lipinski definition) is 0. The van der Waals surface area contributed by atoms with Gasteiger partial charge < -0.3 is 0 Å². The Hall–Kier alpha value is -1.31. The summed E-state index contributed by atoms with van der Waals surface area (Å²) in [6, 6.07) is 10.1. The third-order valence-electron chi connectivity index (χ3n) is 3.19. The van der Waals surface area contributed by atoms with E-state index in [1.807, 2.05) is 18.2 Å². The monoisotopic (exact) mass is 406 g/mol. The molecule has 0 radical (unpaired) electrons. The number of carbonyl (C=O) groups is 2. The van der Waals surface area contributed by atoms with Crippen LogP contribution in [0.1, 0.15) is 12.8 Å². The number of carbonyl (C=O) groups excluding carboxylic acids is 2. The van der Waals surface area contributed by atoms with E-state index >= 15 is 0 Å². The molecule has 0 fully saturated rings. The van der Waals surface area contributed by atoms with Crippen LogP contribution in [0, 0.1) is 5.41 Å². The molecule has 0 aliphatic rings. The van der Waals surface area contributed by atoms with Gasteiger partial charge in [0.1, 0.15) is 0 Å². The van der Waals surface area contributed by atoms with E-state index in [1.165, 1.54) is 17.8 Å². The molecule has 0 spiro atoms. The Morgan fingerprint density at radius 2 is 1.76 bits per heavy atom. The Balaban J connectivity index is 2.83. The molecule has 0 aliphatic carbocycles. The van der Waals surface area contributed by atoms with E-state index < -0.39 is 38.3 Å². The van der Waals surface area contributed by atoms with Crippen molar-refractivity contribution in [3.05, 3.63) is 43.0 Å². The predicted molar refractivity (Wildman–Crippen MR) is 82.5 cm³/mol. The number of ether oxygens (including phenoxy) is 2. The average molecular weight is 404 g/mol. The van der Waals surface area contributed by atoms with E-state index in [9.17, 15) is 9.59 Å². The van der Waals surface area contributed by atoms with Gasteiger partial charge in [0.05, 0.1) is 0 Å². The molecule has 0 saturated carbocycles. The predicted octanol–water partition coefficient (Wildman–Crippen LogP) is 1.73. The van der Waals surface area contributed by atoms with E-state index in [2.05, 4.69) is 18.7 Å². The van der Waals surface area contributed by atoms with Gasteiger partial charge in [-0.25, -0.2) is 0 Å². The average Bonchev–Trinajstić information content (AvgIpc) is 2.53. The van der Waals surface area contributed by atoms with E-state index in [4.69, 9.17) is 9.47 Å². The summed E-state index contributed by atoms with van der Waals surface area (Å²) in [5.74, 6) is -1.09. The fourth-order valence-corrected chi connectivity index (χ4v) is 5.01. The molecule has 0 unspecified atom stereocenters. The van der Waals surface area contributed by atoms with Crippen molar-refractivity contribution in [3.8, 4) is 0 Å². The third-order valence-corrected chi connectivity index (χ3v) is 6.08. The van der Waals surface area contributed by atoms with Gasteiger partial charge in [0, 0.05) is 0 Å². The topological polar surface area (TPSA) is 52.6 Å². The van der Waals surface area contributed by atoms with Gasteiger partial charge in [-0.2, -0.15) is 0 Å². The number of benzene rings is 1. The van der Waals surface area contributed by atoms with Crippen LogP contribution in [0.3, 0.4) is 0 Å². The van der Waals surface area contributed by atoms with Gasteiger partial charge in [-0.3, -0.25) is 0 Å². The first-order valence-electron chi connectivity index (χ1n) is 6.56. The summed E-state index contributed by atoms with van der Waals surface area (Å²) in [5, 5.41) is 0. The van der Waals surface area contributed by atoms with Crippen LogP contribution in [0.15, 0.2) is 43.0 Å². The van der Waals surface area contributed by atoms with E-state index in [0.29, 0.717) is 6.42 Å². The van der Waals surface area contributed by atoms with E-state index in [-0.39, 0.29) is 6.42 Å². The Labute approximate surface area is 135 Å². The molecular formula is C16H20O4Te. The summed E-state index contributed by atoms with van der Waals surface area (Å²) >= 11 is -0.453. The van der Waals surface area contributed by atoms with Crippen molar-refractivity contribution in [3.63, 3.8) is 0 Å². The molecule has 1 aromatic rings. The van der Waals surface area contributed by atoms with Gasteiger partial charge >= 0.3 is 135 Å². The van der Waals surface area contributed by atoms with Gasteiger partial charge in [0.25, 0.3) is 0 Å². The quantitative estimate of drug-likeness (QED) is 0.287. The summed E-state index contributed by atoms with van der Waals surface area (Å²) in [6.07, 6.45) is 2.22.